The van der Waals surface area contributed by atoms with Crippen LogP contribution in [-0.4, -0.2) is 98.0 Å². The van der Waals surface area contributed by atoms with Crippen molar-refractivity contribution in [1.29, 1.82) is 5.26 Å². The van der Waals surface area contributed by atoms with Crippen LogP contribution in [0.25, 0.3) is 0 Å². The van der Waals surface area contributed by atoms with Crippen LogP contribution in [0.2, 0.25) is 0 Å². The predicted octanol–water partition coefficient (Wildman–Crippen LogP) is 1.53. The van der Waals surface area contributed by atoms with E-state index in [1.165, 1.54) is 12.1 Å². The van der Waals surface area contributed by atoms with Crippen molar-refractivity contribution in [2.45, 2.75) is 69.4 Å². The molecule has 0 amide bonds. The fraction of sp³-hybridized carbons (Fsp3) is 0.593. The van der Waals surface area contributed by atoms with Gasteiger partial charge in [0.1, 0.15) is 24.5 Å². The van der Waals surface area contributed by atoms with E-state index in [1.807, 2.05) is 6.07 Å². The topological polar surface area (TPSA) is 158 Å². The molecule has 1 aromatic carbocycles. The highest BCUT2D eigenvalue weighted by Gasteiger charge is 2.45. The maximum absolute atomic E-state index is 15.2. The van der Waals surface area contributed by atoms with Gasteiger partial charge in [0.2, 0.25) is 5.95 Å². The molecule has 0 spiro atoms. The summed E-state index contributed by atoms with van der Waals surface area (Å²) in [5.74, 6) is -0.269. The van der Waals surface area contributed by atoms with Gasteiger partial charge >= 0.3 is 0 Å². The molecule has 2 aliphatic rings. The summed E-state index contributed by atoms with van der Waals surface area (Å²) in [7, 11) is 0. The summed E-state index contributed by atoms with van der Waals surface area (Å²) in [5, 5.41) is 50.9. The Morgan fingerprint density at radius 3 is 2.77 bits per heavy atom. The molecule has 4 atom stereocenters. The Labute approximate surface area is 227 Å². The summed E-state index contributed by atoms with van der Waals surface area (Å²) < 4.78 is 20.7. The third-order valence-electron chi connectivity index (χ3n) is 7.49. The lowest BCUT2D eigenvalue weighted by molar-refractivity contribution is 0.0389. The van der Waals surface area contributed by atoms with Crippen molar-refractivity contribution in [3.8, 4) is 11.8 Å². The summed E-state index contributed by atoms with van der Waals surface area (Å²) in [6.07, 6.45) is 2.65. The standard InChI is InChI=1S/C27H37FN6O5/c1-27(2)10-20(9-19-4-3-7-34(19)27)33(13-21(37)14-35)25-23(28)12-30-26(32-25)31-18-5-6-24(17(8-18)11-29)39-16-22(38)15-36/h5-6,8,12,19-22,35-38H,3-4,7,9-10,13-16H2,1-2H3,(H,30,31,32)/t19-,20-,21?,22?/m1/s1. The van der Waals surface area contributed by atoms with E-state index in [2.05, 4.69) is 34.0 Å². The molecule has 2 fully saturated rings. The minimum absolute atomic E-state index is 0.0155. The second kappa shape index (κ2) is 12.4. The summed E-state index contributed by atoms with van der Waals surface area (Å²) in [5.41, 5.74) is 0.536. The molecule has 0 bridgehead atoms. The molecule has 2 unspecified atom stereocenters. The third kappa shape index (κ3) is 6.74. The van der Waals surface area contributed by atoms with Crippen LogP contribution < -0.4 is 15.0 Å². The quantitative estimate of drug-likeness (QED) is 0.279. The van der Waals surface area contributed by atoms with E-state index in [4.69, 9.17) is 9.84 Å². The first-order chi connectivity index (χ1) is 18.6. The minimum Gasteiger partial charge on any atom is -0.489 e. The molecular formula is C27H37FN6O5. The molecular weight excluding hydrogens is 507 g/mol. The summed E-state index contributed by atoms with van der Waals surface area (Å²) >= 11 is 0. The number of anilines is 3. The van der Waals surface area contributed by atoms with Crippen molar-refractivity contribution >= 4 is 17.5 Å². The van der Waals surface area contributed by atoms with Gasteiger partial charge in [0.05, 0.1) is 31.1 Å². The average Bonchev–Trinajstić information content (AvgIpc) is 3.41. The molecule has 212 valence electrons. The fourth-order valence-electron chi connectivity index (χ4n) is 5.71. The number of ether oxygens (including phenoxy) is 1. The first-order valence-electron chi connectivity index (χ1n) is 13.2. The number of aromatic nitrogens is 2. The lowest BCUT2D eigenvalue weighted by Gasteiger charge is -2.50. The third-order valence-corrected chi connectivity index (χ3v) is 7.49. The van der Waals surface area contributed by atoms with E-state index in [-0.39, 0.29) is 47.8 Å². The number of rotatable bonds is 11. The zero-order chi connectivity index (χ0) is 28.2. The smallest absolute Gasteiger partial charge is 0.229 e. The SMILES string of the molecule is CC1(C)C[C@H](N(CC(O)CO)c2nc(Nc3ccc(OCC(O)CO)c(C#N)c3)ncc2F)C[C@H]2CCCN21. The van der Waals surface area contributed by atoms with Crippen LogP contribution in [0.15, 0.2) is 24.4 Å². The second-order valence-electron chi connectivity index (χ2n) is 10.8. The lowest BCUT2D eigenvalue weighted by atomic mass is 9.83. The lowest BCUT2D eigenvalue weighted by Crippen LogP contribution is -2.58. The van der Waals surface area contributed by atoms with Crippen LogP contribution in [0.1, 0.15) is 45.1 Å². The Bertz CT molecular complexity index is 1180. The van der Waals surface area contributed by atoms with Crippen molar-refractivity contribution in [3.63, 3.8) is 0 Å². The number of nitrogens with one attached hydrogen (secondary N) is 1. The van der Waals surface area contributed by atoms with Gasteiger partial charge in [0, 0.05) is 29.9 Å². The van der Waals surface area contributed by atoms with E-state index in [0.717, 1.165) is 38.4 Å². The van der Waals surface area contributed by atoms with Crippen LogP contribution in [0.5, 0.6) is 5.75 Å². The predicted molar refractivity (Wildman–Crippen MR) is 142 cm³/mol. The second-order valence-corrected chi connectivity index (χ2v) is 10.8. The highest BCUT2D eigenvalue weighted by Crippen LogP contribution is 2.40. The largest absolute Gasteiger partial charge is 0.489 e. The molecule has 2 saturated heterocycles. The number of hydrogen-bond acceptors (Lipinski definition) is 11. The van der Waals surface area contributed by atoms with Gasteiger partial charge in [-0.05, 0) is 64.3 Å². The molecule has 3 heterocycles. The van der Waals surface area contributed by atoms with Crippen LogP contribution in [0, 0.1) is 17.1 Å². The van der Waals surface area contributed by atoms with Crippen molar-refractivity contribution in [2.75, 3.05) is 43.1 Å². The maximum Gasteiger partial charge on any atom is 0.229 e. The molecule has 2 aliphatic heterocycles. The molecule has 0 saturated carbocycles. The van der Waals surface area contributed by atoms with Crippen molar-refractivity contribution in [2.24, 2.45) is 0 Å². The zero-order valence-corrected chi connectivity index (χ0v) is 22.3. The Kier molecular flexibility index (Phi) is 9.19. The van der Waals surface area contributed by atoms with Gasteiger partial charge in [-0.25, -0.2) is 9.37 Å². The van der Waals surface area contributed by atoms with Gasteiger partial charge in [0.15, 0.2) is 11.6 Å². The summed E-state index contributed by atoms with van der Waals surface area (Å²) in [6, 6.07) is 6.96. The van der Waals surface area contributed by atoms with Gasteiger partial charge in [0.25, 0.3) is 0 Å². The van der Waals surface area contributed by atoms with Crippen molar-refractivity contribution in [1.82, 2.24) is 14.9 Å². The van der Waals surface area contributed by atoms with Gasteiger partial charge in [-0.3, -0.25) is 4.90 Å². The molecule has 39 heavy (non-hydrogen) atoms. The highest BCUT2D eigenvalue weighted by molar-refractivity contribution is 5.61. The number of piperidine rings is 1. The monoisotopic (exact) mass is 544 g/mol. The Morgan fingerprint density at radius 2 is 2.05 bits per heavy atom. The number of aliphatic hydroxyl groups excluding tert-OH is 4. The van der Waals surface area contributed by atoms with E-state index < -0.39 is 31.2 Å². The number of benzene rings is 1. The molecule has 11 nitrogen and oxygen atoms in total. The number of aliphatic hydroxyl groups is 4. The molecule has 1 aromatic heterocycles. The number of nitriles is 1. The number of halogens is 1. The molecule has 0 aliphatic carbocycles. The van der Waals surface area contributed by atoms with Crippen LogP contribution >= 0.6 is 0 Å². The summed E-state index contributed by atoms with van der Waals surface area (Å²) in [4.78, 5) is 12.8. The van der Waals surface area contributed by atoms with Crippen LogP contribution in [0.3, 0.4) is 0 Å². The Balaban J connectivity index is 1.59. The first kappa shape index (κ1) is 28.9. The van der Waals surface area contributed by atoms with E-state index >= 15 is 4.39 Å². The number of fused-ring (bicyclic) bond motifs is 1. The van der Waals surface area contributed by atoms with Gasteiger partial charge in [-0.1, -0.05) is 0 Å². The van der Waals surface area contributed by atoms with Crippen LogP contribution in [-0.2, 0) is 0 Å². The molecule has 2 aromatic rings. The van der Waals surface area contributed by atoms with Gasteiger partial charge in [-0.15, -0.1) is 0 Å². The molecule has 0 radical (unpaired) electrons. The normalized spacial score (nSPS) is 22.0. The number of hydrogen-bond donors (Lipinski definition) is 5. The maximum atomic E-state index is 15.2. The van der Waals surface area contributed by atoms with Crippen molar-refractivity contribution < 1.29 is 29.6 Å². The minimum atomic E-state index is -1.07. The van der Waals surface area contributed by atoms with Crippen LogP contribution in [0.4, 0.5) is 21.8 Å². The van der Waals surface area contributed by atoms with E-state index in [9.17, 15) is 20.6 Å². The summed E-state index contributed by atoms with van der Waals surface area (Å²) in [6.45, 7) is 4.33. The molecule has 4 rings (SSSR count). The fourth-order valence-corrected chi connectivity index (χ4v) is 5.71. The van der Waals surface area contributed by atoms with Gasteiger partial charge in [-0.2, -0.15) is 10.2 Å². The van der Waals surface area contributed by atoms with Gasteiger partial charge < -0.3 is 35.4 Å². The van der Waals surface area contributed by atoms with E-state index in [0.29, 0.717) is 11.7 Å². The molecule has 12 heteroatoms. The first-order valence-corrected chi connectivity index (χ1v) is 13.2. The molecule has 5 N–H and O–H groups in total. The highest BCUT2D eigenvalue weighted by atomic mass is 19.1. The zero-order valence-electron chi connectivity index (χ0n) is 22.3. The number of nitrogens with zero attached hydrogens (tertiary/aromatic N) is 5. The van der Waals surface area contributed by atoms with Crippen molar-refractivity contribution in [3.05, 3.63) is 35.8 Å². The average molecular weight is 545 g/mol. The Hall–Kier alpha value is -3.08. The van der Waals surface area contributed by atoms with E-state index in [1.54, 1.807) is 11.0 Å². The Morgan fingerprint density at radius 1 is 1.28 bits per heavy atom.